The maximum absolute atomic E-state index is 10.0. The van der Waals surface area contributed by atoms with Gasteiger partial charge in [0.25, 0.3) is 0 Å². The zero-order valence-electron chi connectivity index (χ0n) is 7.25. The van der Waals surface area contributed by atoms with E-state index in [1.807, 2.05) is 30.2 Å². The van der Waals surface area contributed by atoms with Crippen LogP contribution in [0, 0.1) is 11.8 Å². The van der Waals surface area contributed by atoms with Gasteiger partial charge in [0.05, 0.1) is 6.54 Å². The average molecular weight is 254 g/mol. The molecule has 0 saturated heterocycles. The highest BCUT2D eigenvalue weighted by atomic mass is 79.9. The summed E-state index contributed by atoms with van der Waals surface area (Å²) in [5.74, 6) is 3.39. The number of hydrogen-bond donors (Lipinski definition) is 2. The van der Waals surface area contributed by atoms with E-state index in [-0.39, 0.29) is 0 Å². The molecular formula is C10H8BrNO2. The lowest BCUT2D eigenvalue weighted by Crippen LogP contribution is -1.99. The van der Waals surface area contributed by atoms with Gasteiger partial charge in [-0.25, -0.2) is 4.79 Å². The van der Waals surface area contributed by atoms with Crippen LogP contribution in [0.3, 0.4) is 0 Å². The molecule has 0 aromatic heterocycles. The van der Waals surface area contributed by atoms with Gasteiger partial charge in [0.1, 0.15) is 0 Å². The minimum absolute atomic E-state index is 0.327. The Bertz CT molecular complexity index is 375. The first-order valence-electron chi connectivity index (χ1n) is 3.90. The van der Waals surface area contributed by atoms with E-state index in [0.717, 1.165) is 10.2 Å². The van der Waals surface area contributed by atoms with Crippen molar-refractivity contribution in [3.8, 4) is 11.8 Å². The highest BCUT2D eigenvalue weighted by Gasteiger charge is 1.89. The predicted octanol–water partition coefficient (Wildman–Crippen LogP) is 1.95. The standard InChI is InChI=1S/C10H8BrNO2/c11-8-3-5-9(6-4-8)12-7-1-2-10(13)14/h3-6,12H,7H2,(H,13,14). The van der Waals surface area contributed by atoms with Gasteiger partial charge >= 0.3 is 5.97 Å². The lowest BCUT2D eigenvalue weighted by molar-refractivity contribution is -0.130. The molecule has 4 heteroatoms. The molecule has 1 aromatic carbocycles. The lowest BCUT2D eigenvalue weighted by Gasteiger charge is -2.00. The van der Waals surface area contributed by atoms with Gasteiger partial charge in [0.15, 0.2) is 0 Å². The second-order valence-corrected chi connectivity index (χ2v) is 3.38. The van der Waals surface area contributed by atoms with Crippen molar-refractivity contribution in [3.63, 3.8) is 0 Å². The summed E-state index contributed by atoms with van der Waals surface area (Å²) in [6.07, 6.45) is 0. The predicted molar refractivity (Wildman–Crippen MR) is 58.0 cm³/mol. The molecule has 0 radical (unpaired) electrons. The zero-order chi connectivity index (χ0) is 10.4. The average Bonchev–Trinajstić information content (AvgIpc) is 2.15. The summed E-state index contributed by atoms with van der Waals surface area (Å²) in [5.41, 5.74) is 0.910. The molecule has 14 heavy (non-hydrogen) atoms. The molecule has 0 aliphatic carbocycles. The highest BCUT2D eigenvalue weighted by Crippen LogP contribution is 2.13. The number of hydrogen-bond acceptors (Lipinski definition) is 2. The molecule has 0 fully saturated rings. The van der Waals surface area contributed by atoms with Crippen molar-refractivity contribution in [1.29, 1.82) is 0 Å². The maximum Gasteiger partial charge on any atom is 0.381 e. The van der Waals surface area contributed by atoms with Crippen molar-refractivity contribution in [2.24, 2.45) is 0 Å². The van der Waals surface area contributed by atoms with E-state index in [2.05, 4.69) is 27.2 Å². The van der Waals surface area contributed by atoms with E-state index in [1.165, 1.54) is 0 Å². The van der Waals surface area contributed by atoms with Crippen LogP contribution in [-0.4, -0.2) is 17.6 Å². The second-order valence-electron chi connectivity index (χ2n) is 2.47. The first-order valence-corrected chi connectivity index (χ1v) is 4.69. The fourth-order valence-electron chi connectivity index (χ4n) is 0.834. The SMILES string of the molecule is O=C(O)C#CCNc1ccc(Br)cc1. The number of aliphatic carboxylic acids is 1. The van der Waals surface area contributed by atoms with Crippen molar-refractivity contribution < 1.29 is 9.90 Å². The molecule has 0 aliphatic rings. The van der Waals surface area contributed by atoms with Crippen molar-refractivity contribution in [2.75, 3.05) is 11.9 Å². The van der Waals surface area contributed by atoms with Gasteiger partial charge in [-0.1, -0.05) is 21.9 Å². The van der Waals surface area contributed by atoms with E-state index >= 15 is 0 Å². The summed E-state index contributed by atoms with van der Waals surface area (Å²) >= 11 is 3.31. The first kappa shape index (κ1) is 10.6. The van der Waals surface area contributed by atoms with E-state index in [4.69, 9.17) is 5.11 Å². The van der Waals surface area contributed by atoms with Gasteiger partial charge < -0.3 is 10.4 Å². The van der Waals surface area contributed by atoms with Crippen molar-refractivity contribution in [1.82, 2.24) is 0 Å². The minimum Gasteiger partial charge on any atom is -0.472 e. The topological polar surface area (TPSA) is 49.3 Å². The van der Waals surface area contributed by atoms with Crippen molar-refractivity contribution in [2.45, 2.75) is 0 Å². The van der Waals surface area contributed by atoms with Crippen LogP contribution in [0.2, 0.25) is 0 Å². The van der Waals surface area contributed by atoms with Crippen LogP contribution in [-0.2, 0) is 4.79 Å². The molecule has 0 amide bonds. The Labute approximate surface area is 90.3 Å². The molecule has 1 rings (SSSR count). The quantitative estimate of drug-likeness (QED) is 0.793. The monoisotopic (exact) mass is 253 g/mol. The number of carbonyl (C=O) groups is 1. The summed E-state index contributed by atoms with van der Waals surface area (Å²) in [7, 11) is 0. The summed E-state index contributed by atoms with van der Waals surface area (Å²) in [6.45, 7) is 0.327. The molecule has 1 aromatic rings. The number of halogens is 1. The molecule has 0 atom stereocenters. The van der Waals surface area contributed by atoms with E-state index < -0.39 is 5.97 Å². The Morgan fingerprint density at radius 2 is 2.07 bits per heavy atom. The smallest absolute Gasteiger partial charge is 0.381 e. The number of anilines is 1. The molecule has 0 heterocycles. The van der Waals surface area contributed by atoms with Crippen LogP contribution in [0.15, 0.2) is 28.7 Å². The second kappa shape index (κ2) is 5.30. The normalized spacial score (nSPS) is 8.64. The fourth-order valence-corrected chi connectivity index (χ4v) is 1.10. The van der Waals surface area contributed by atoms with Crippen molar-refractivity contribution in [3.05, 3.63) is 28.7 Å². The van der Waals surface area contributed by atoms with Gasteiger partial charge in [0.2, 0.25) is 0 Å². The zero-order valence-corrected chi connectivity index (χ0v) is 8.84. The Kier molecular flexibility index (Phi) is 4.02. The Morgan fingerprint density at radius 1 is 1.43 bits per heavy atom. The van der Waals surface area contributed by atoms with Gasteiger partial charge in [-0.05, 0) is 24.3 Å². The molecule has 72 valence electrons. The van der Waals surface area contributed by atoms with E-state index in [1.54, 1.807) is 0 Å². The van der Waals surface area contributed by atoms with E-state index in [0.29, 0.717) is 6.54 Å². The largest absolute Gasteiger partial charge is 0.472 e. The van der Waals surface area contributed by atoms with Crippen LogP contribution in [0.4, 0.5) is 5.69 Å². The third-order valence-corrected chi connectivity index (χ3v) is 1.95. The molecule has 0 spiro atoms. The molecular weight excluding hydrogens is 246 g/mol. The van der Waals surface area contributed by atoms with Crippen LogP contribution >= 0.6 is 15.9 Å². The Balaban J connectivity index is 2.44. The van der Waals surface area contributed by atoms with Crippen LogP contribution < -0.4 is 5.32 Å². The summed E-state index contributed by atoms with van der Waals surface area (Å²) < 4.78 is 1.000. The Morgan fingerprint density at radius 3 is 2.64 bits per heavy atom. The molecule has 0 bridgehead atoms. The molecule has 2 N–H and O–H groups in total. The first-order chi connectivity index (χ1) is 6.68. The summed E-state index contributed by atoms with van der Waals surface area (Å²) in [5, 5.41) is 11.2. The van der Waals surface area contributed by atoms with Crippen LogP contribution in [0.1, 0.15) is 0 Å². The van der Waals surface area contributed by atoms with Gasteiger partial charge in [0, 0.05) is 16.1 Å². The number of nitrogens with one attached hydrogen (secondary N) is 1. The van der Waals surface area contributed by atoms with Gasteiger partial charge in [-0.3, -0.25) is 0 Å². The molecule has 3 nitrogen and oxygen atoms in total. The molecule has 0 saturated carbocycles. The number of rotatable bonds is 2. The van der Waals surface area contributed by atoms with Crippen LogP contribution in [0.5, 0.6) is 0 Å². The number of carboxylic acids is 1. The Hall–Kier alpha value is -1.47. The number of benzene rings is 1. The van der Waals surface area contributed by atoms with Crippen molar-refractivity contribution >= 4 is 27.6 Å². The lowest BCUT2D eigenvalue weighted by atomic mass is 10.3. The summed E-state index contributed by atoms with van der Waals surface area (Å²) in [6, 6.07) is 7.55. The van der Waals surface area contributed by atoms with E-state index in [9.17, 15) is 4.79 Å². The molecule has 0 unspecified atom stereocenters. The highest BCUT2D eigenvalue weighted by molar-refractivity contribution is 9.10. The van der Waals surface area contributed by atoms with Gasteiger partial charge in [-0.15, -0.1) is 0 Å². The van der Waals surface area contributed by atoms with Gasteiger partial charge in [-0.2, -0.15) is 0 Å². The van der Waals surface area contributed by atoms with Crippen LogP contribution in [0.25, 0.3) is 0 Å². The minimum atomic E-state index is -1.11. The number of carboxylic acid groups (broad SMARTS) is 1. The molecule has 0 aliphatic heterocycles. The summed E-state index contributed by atoms with van der Waals surface area (Å²) in [4.78, 5) is 10.0. The third-order valence-electron chi connectivity index (χ3n) is 1.42. The fraction of sp³-hybridized carbons (Fsp3) is 0.100. The third kappa shape index (κ3) is 3.97. The maximum atomic E-state index is 10.0.